The van der Waals surface area contributed by atoms with Gasteiger partial charge in [0, 0.05) is 6.42 Å². The fraction of sp³-hybridized carbons (Fsp3) is 0.500. The van der Waals surface area contributed by atoms with E-state index < -0.39 is 68.4 Å². The minimum atomic E-state index is -4.20. The molecule has 4 aromatic heterocycles. The summed E-state index contributed by atoms with van der Waals surface area (Å²) in [4.78, 5) is 41.4. The molecular weight excluding hydrogens is 590 g/mol. The zero-order chi connectivity index (χ0) is 29.1. The molecule has 4 aromatic rings. The zero-order valence-electron chi connectivity index (χ0n) is 20.8. The molecule has 6 heterocycles. The van der Waals surface area contributed by atoms with Crippen molar-refractivity contribution in [3.63, 3.8) is 0 Å². The predicted molar refractivity (Wildman–Crippen MR) is 139 cm³/mol. The molecule has 8 atom stereocenters. The molecule has 18 nitrogen and oxygen atoms in total. The first kappa shape index (κ1) is 27.9. The van der Waals surface area contributed by atoms with Crippen LogP contribution in [0.2, 0.25) is 0 Å². The molecule has 8 N–H and O–H groups in total. The van der Waals surface area contributed by atoms with E-state index in [1.807, 2.05) is 0 Å². The average Bonchev–Trinajstić information content (AvgIpc) is 3.69. The Morgan fingerprint density at radius 3 is 2.83 bits per heavy atom. The summed E-state index contributed by atoms with van der Waals surface area (Å²) in [5.41, 5.74) is 11.5. The number of imidazole rings is 2. The number of aromatic nitrogens is 8. The van der Waals surface area contributed by atoms with Crippen LogP contribution in [0.1, 0.15) is 24.4 Å². The molecule has 41 heavy (non-hydrogen) atoms. The van der Waals surface area contributed by atoms with E-state index in [2.05, 4.69) is 30.0 Å². The van der Waals surface area contributed by atoms with Crippen LogP contribution in [0, 0.1) is 0 Å². The number of fused-ring (bicyclic) bond motifs is 2. The number of nitrogens with zero attached hydrogens (tertiary/aromatic N) is 7. The maximum Gasteiger partial charge on any atom is 0.325 e. The largest absolute Gasteiger partial charge is 0.394 e. The fourth-order valence-electron chi connectivity index (χ4n) is 4.80. The zero-order valence-corrected chi connectivity index (χ0v) is 22.5. The van der Waals surface area contributed by atoms with Crippen LogP contribution in [-0.4, -0.2) is 98.0 Å². The van der Waals surface area contributed by atoms with Gasteiger partial charge in [0.2, 0.25) is 5.95 Å². The lowest BCUT2D eigenvalue weighted by molar-refractivity contribution is -0.0508. The summed E-state index contributed by atoms with van der Waals surface area (Å²) in [6.07, 6.45) is -4.86. The van der Waals surface area contributed by atoms with Crippen LogP contribution in [0.15, 0.2) is 23.6 Å². The molecule has 6 rings (SSSR count). The molecule has 0 aromatic carbocycles. The van der Waals surface area contributed by atoms with Crippen molar-refractivity contribution in [3.8, 4) is 0 Å². The van der Waals surface area contributed by atoms with Crippen LogP contribution in [0.5, 0.6) is 0 Å². The van der Waals surface area contributed by atoms with Crippen molar-refractivity contribution in [2.45, 2.75) is 49.3 Å². The van der Waals surface area contributed by atoms with E-state index in [4.69, 9.17) is 41.8 Å². The lowest BCUT2D eigenvalue weighted by atomic mass is 10.1. The van der Waals surface area contributed by atoms with E-state index >= 15 is 4.39 Å². The molecule has 0 aliphatic carbocycles. The molecule has 0 saturated carbocycles. The first-order valence-corrected chi connectivity index (χ1v) is 14.7. The minimum absolute atomic E-state index is 0.0456. The summed E-state index contributed by atoms with van der Waals surface area (Å²) in [7, 11) is 0. The van der Waals surface area contributed by atoms with E-state index in [-0.39, 0.29) is 29.4 Å². The predicted octanol–water partition coefficient (Wildman–Crippen LogP) is -1.54. The minimum Gasteiger partial charge on any atom is -0.394 e. The van der Waals surface area contributed by atoms with E-state index in [0.717, 1.165) is 6.33 Å². The molecule has 2 aliphatic heterocycles. The number of alkyl halides is 1. The maximum atomic E-state index is 15.3. The molecule has 0 spiro atoms. The Hall–Kier alpha value is -3.20. The van der Waals surface area contributed by atoms with Crippen molar-refractivity contribution >= 4 is 47.1 Å². The molecule has 0 bridgehead atoms. The molecule has 2 saturated heterocycles. The van der Waals surface area contributed by atoms with Crippen LogP contribution in [0.4, 0.5) is 16.2 Å². The Bertz CT molecular complexity index is 1700. The van der Waals surface area contributed by atoms with Gasteiger partial charge in [-0.05, 0) is 11.8 Å². The van der Waals surface area contributed by atoms with Gasteiger partial charge in [0.1, 0.15) is 30.7 Å². The Balaban J connectivity index is 1.17. The first-order chi connectivity index (χ1) is 19.6. The monoisotopic (exact) mass is 614 g/mol. The highest BCUT2D eigenvalue weighted by Crippen LogP contribution is 2.51. The summed E-state index contributed by atoms with van der Waals surface area (Å²) < 4.78 is 40.4. The molecule has 2 aliphatic rings. The standard InChI is InChI=1S/C20H24FN10O8PS/c21-12-10(3-32)38-19(30-6-26-13-16(30)28-20(23)29-18(13)34)14(12)39-40(35,41)36-4-11-8(33)1-9(37-11)7-2-24-17-15(22)25-5-27-31(7)17/h2,5-6,8-12,14,19,32-33H,1,3-4H2,(H,35,41)(H2,22,25,27)(H3,23,28,29,34)/t8-,9+,10?,11+,12+,14+,19+,40?/m0/s1. The number of ether oxygens (including phenoxy) is 2. The smallest absolute Gasteiger partial charge is 0.325 e. The molecule has 21 heteroatoms. The molecule has 0 radical (unpaired) electrons. The van der Waals surface area contributed by atoms with Gasteiger partial charge in [-0.1, -0.05) is 0 Å². The molecular formula is C20H24FN10O8PS. The van der Waals surface area contributed by atoms with Gasteiger partial charge < -0.3 is 40.6 Å². The van der Waals surface area contributed by atoms with Crippen molar-refractivity contribution in [2.24, 2.45) is 0 Å². The quantitative estimate of drug-likeness (QED) is 0.123. The number of halogens is 1. The Kier molecular flexibility index (Phi) is 7.20. The van der Waals surface area contributed by atoms with Gasteiger partial charge in [0.25, 0.3) is 5.56 Å². The second-order valence-corrected chi connectivity index (χ2v) is 12.1. The van der Waals surface area contributed by atoms with Gasteiger partial charge in [-0.25, -0.2) is 23.9 Å². The van der Waals surface area contributed by atoms with Gasteiger partial charge in [0.15, 0.2) is 35.0 Å². The third-order valence-corrected chi connectivity index (χ3v) is 8.30. The molecule has 2 unspecified atom stereocenters. The average molecular weight is 615 g/mol. The number of nitrogen functional groups attached to an aromatic ring is 2. The van der Waals surface area contributed by atoms with Crippen molar-refractivity contribution in [3.05, 3.63) is 34.9 Å². The van der Waals surface area contributed by atoms with Gasteiger partial charge in [-0.2, -0.15) is 10.1 Å². The van der Waals surface area contributed by atoms with Gasteiger partial charge in [0.05, 0.1) is 37.5 Å². The number of anilines is 2. The van der Waals surface area contributed by atoms with Crippen LogP contribution < -0.4 is 17.0 Å². The summed E-state index contributed by atoms with van der Waals surface area (Å²) in [6, 6.07) is 0. The number of H-pyrrole nitrogens is 1. The third-order valence-electron chi connectivity index (χ3n) is 6.74. The maximum absolute atomic E-state index is 15.3. The van der Waals surface area contributed by atoms with E-state index in [0.29, 0.717) is 11.3 Å². The van der Waals surface area contributed by atoms with E-state index in [9.17, 15) is 19.9 Å². The summed E-state index contributed by atoms with van der Waals surface area (Å²) in [5, 5.41) is 24.3. The molecule has 2 fully saturated rings. The number of hydrogen-bond acceptors (Lipinski definition) is 15. The van der Waals surface area contributed by atoms with Crippen LogP contribution in [0.25, 0.3) is 16.8 Å². The number of hydrogen-bond donors (Lipinski definition) is 6. The van der Waals surface area contributed by atoms with Crippen molar-refractivity contribution < 1.29 is 38.0 Å². The second-order valence-electron chi connectivity index (χ2n) is 9.33. The summed E-state index contributed by atoms with van der Waals surface area (Å²) in [5.74, 6) is -0.0551. The number of aromatic amines is 1. The highest BCUT2D eigenvalue weighted by molar-refractivity contribution is 8.07. The number of rotatable bonds is 8. The van der Waals surface area contributed by atoms with Gasteiger partial charge >= 0.3 is 6.72 Å². The normalized spacial score (nSPS) is 29.9. The van der Waals surface area contributed by atoms with Crippen molar-refractivity contribution in [1.82, 2.24) is 39.1 Å². The second kappa shape index (κ2) is 10.6. The Morgan fingerprint density at radius 2 is 2.05 bits per heavy atom. The first-order valence-electron chi connectivity index (χ1n) is 12.1. The van der Waals surface area contributed by atoms with Crippen LogP contribution >= 0.6 is 6.72 Å². The van der Waals surface area contributed by atoms with Crippen molar-refractivity contribution in [2.75, 3.05) is 24.7 Å². The van der Waals surface area contributed by atoms with Gasteiger partial charge in [-0.3, -0.25) is 18.9 Å². The number of nitrogens with two attached hydrogens (primary N) is 2. The van der Waals surface area contributed by atoms with E-state index in [1.54, 1.807) is 0 Å². The number of aliphatic hydroxyl groups is 2. The Labute approximate surface area is 233 Å². The van der Waals surface area contributed by atoms with Crippen molar-refractivity contribution in [1.29, 1.82) is 0 Å². The highest BCUT2D eigenvalue weighted by Gasteiger charge is 2.50. The van der Waals surface area contributed by atoms with E-state index in [1.165, 1.54) is 21.6 Å². The van der Waals surface area contributed by atoms with Crippen LogP contribution in [0.3, 0.4) is 0 Å². The third kappa shape index (κ3) is 5.07. The number of aliphatic hydroxyl groups excluding tert-OH is 2. The lowest BCUT2D eigenvalue weighted by Crippen LogP contribution is -2.32. The molecule has 0 amide bonds. The Morgan fingerprint density at radius 1 is 1.24 bits per heavy atom. The van der Waals surface area contributed by atoms with Gasteiger partial charge in [-0.15, -0.1) is 0 Å². The fourth-order valence-corrected chi connectivity index (χ4v) is 6.21. The summed E-state index contributed by atoms with van der Waals surface area (Å²) in [6.45, 7) is -5.33. The number of nitrogens with one attached hydrogen (secondary N) is 1. The topological polar surface area (TPSA) is 256 Å². The SMILES string of the molecule is Nc1nc2c(ncn2[C@@H]2OC(CO)[C@@H](F)[C@H]2OP(O)(=S)OC[C@H]2O[C@@H](c3cnc4c(N)ncnn34)C[C@@H]2O)c(=O)[nH]1. The summed E-state index contributed by atoms with van der Waals surface area (Å²) >= 11 is 5.13. The molecule has 220 valence electrons. The van der Waals surface area contributed by atoms with Crippen LogP contribution in [-0.2, 0) is 30.3 Å². The lowest BCUT2D eigenvalue weighted by Gasteiger charge is -2.26. The highest BCUT2D eigenvalue weighted by atomic mass is 32.5.